The normalized spacial score (nSPS) is 22.2. The topological polar surface area (TPSA) is 12.0 Å². The zero-order valence-corrected chi connectivity index (χ0v) is 11.0. The molecule has 0 bridgehead atoms. The molecule has 0 aromatic heterocycles. The quantitative estimate of drug-likeness (QED) is 0.858. The lowest BCUT2D eigenvalue weighted by Crippen LogP contribution is -2.25. The molecule has 2 atom stereocenters. The van der Waals surface area contributed by atoms with Crippen molar-refractivity contribution >= 4 is 11.8 Å². The minimum absolute atomic E-state index is 0.477. The molecule has 1 aliphatic rings. The number of nitrogens with one attached hydrogen (secondary N) is 1. The lowest BCUT2D eigenvalue weighted by Gasteiger charge is -2.17. The maximum atomic E-state index is 3.65. The second-order valence-electron chi connectivity index (χ2n) is 4.77. The molecule has 1 N–H and O–H groups in total. The van der Waals surface area contributed by atoms with E-state index in [4.69, 9.17) is 0 Å². The van der Waals surface area contributed by atoms with Gasteiger partial charge < -0.3 is 5.32 Å². The molecule has 1 aliphatic heterocycles. The summed E-state index contributed by atoms with van der Waals surface area (Å²) in [7, 11) is 0. The van der Waals surface area contributed by atoms with Crippen molar-refractivity contribution in [2.24, 2.45) is 5.92 Å². The molecular weight excluding hydrogens is 214 g/mol. The van der Waals surface area contributed by atoms with Gasteiger partial charge in [-0.3, -0.25) is 0 Å². The van der Waals surface area contributed by atoms with Crippen LogP contribution in [0.2, 0.25) is 0 Å². The Labute approximate surface area is 103 Å². The Balaban J connectivity index is 1.85. The summed E-state index contributed by atoms with van der Waals surface area (Å²) >= 11 is 2.09. The minimum Gasteiger partial charge on any atom is -0.310 e. The van der Waals surface area contributed by atoms with E-state index in [0.717, 1.165) is 5.92 Å². The van der Waals surface area contributed by atoms with Gasteiger partial charge in [-0.15, -0.1) is 0 Å². The number of benzene rings is 1. The molecule has 0 spiro atoms. The number of rotatable bonds is 4. The molecule has 0 saturated carbocycles. The van der Waals surface area contributed by atoms with Gasteiger partial charge in [-0.25, -0.2) is 0 Å². The third-order valence-electron chi connectivity index (χ3n) is 3.28. The van der Waals surface area contributed by atoms with Crippen LogP contribution in [0.3, 0.4) is 0 Å². The Morgan fingerprint density at radius 1 is 1.50 bits per heavy atom. The van der Waals surface area contributed by atoms with E-state index in [1.165, 1.54) is 35.6 Å². The van der Waals surface area contributed by atoms with Gasteiger partial charge in [0, 0.05) is 6.04 Å². The third-order valence-corrected chi connectivity index (χ3v) is 4.51. The van der Waals surface area contributed by atoms with Crippen molar-refractivity contribution < 1.29 is 0 Å². The molecule has 1 nitrogen and oxygen atoms in total. The smallest absolute Gasteiger partial charge is 0.0292 e. The molecule has 1 saturated heterocycles. The van der Waals surface area contributed by atoms with Crippen LogP contribution in [0.1, 0.15) is 30.5 Å². The highest BCUT2D eigenvalue weighted by molar-refractivity contribution is 7.99. The van der Waals surface area contributed by atoms with Crippen molar-refractivity contribution in [3.8, 4) is 0 Å². The van der Waals surface area contributed by atoms with Gasteiger partial charge in [0.2, 0.25) is 0 Å². The van der Waals surface area contributed by atoms with E-state index in [-0.39, 0.29) is 0 Å². The lowest BCUT2D eigenvalue weighted by atomic mass is 10.0. The summed E-state index contributed by atoms with van der Waals surface area (Å²) < 4.78 is 0. The predicted octanol–water partition coefficient (Wildman–Crippen LogP) is 3.40. The van der Waals surface area contributed by atoms with Crippen molar-refractivity contribution in [2.75, 3.05) is 18.1 Å². The zero-order valence-electron chi connectivity index (χ0n) is 10.2. The van der Waals surface area contributed by atoms with Crippen LogP contribution in [0, 0.1) is 12.8 Å². The van der Waals surface area contributed by atoms with Crippen LogP contribution in [-0.4, -0.2) is 18.1 Å². The molecule has 0 aliphatic carbocycles. The van der Waals surface area contributed by atoms with E-state index >= 15 is 0 Å². The SMILES string of the molecule is Cc1cccc([C@@H](C)NCC2CCSC2)c1. The number of thioether (sulfide) groups is 1. The number of hydrogen-bond acceptors (Lipinski definition) is 2. The first-order valence-electron chi connectivity index (χ1n) is 6.13. The van der Waals surface area contributed by atoms with Crippen molar-refractivity contribution in [3.05, 3.63) is 35.4 Å². The van der Waals surface area contributed by atoms with Crippen LogP contribution in [0.15, 0.2) is 24.3 Å². The number of hydrogen-bond donors (Lipinski definition) is 1. The highest BCUT2D eigenvalue weighted by Gasteiger charge is 2.16. The fourth-order valence-electron chi connectivity index (χ4n) is 2.15. The fraction of sp³-hybridized carbons (Fsp3) is 0.571. The first-order valence-corrected chi connectivity index (χ1v) is 7.29. The highest BCUT2D eigenvalue weighted by Crippen LogP contribution is 2.23. The van der Waals surface area contributed by atoms with Crippen LogP contribution in [-0.2, 0) is 0 Å². The van der Waals surface area contributed by atoms with Crippen molar-refractivity contribution in [1.82, 2.24) is 5.32 Å². The second kappa shape index (κ2) is 5.74. The second-order valence-corrected chi connectivity index (χ2v) is 5.92. The van der Waals surface area contributed by atoms with Crippen molar-refractivity contribution in [2.45, 2.75) is 26.3 Å². The van der Waals surface area contributed by atoms with Crippen LogP contribution in [0.5, 0.6) is 0 Å². The van der Waals surface area contributed by atoms with Gasteiger partial charge >= 0.3 is 0 Å². The standard InChI is InChI=1S/C14H21NS/c1-11-4-3-5-14(8-11)12(2)15-9-13-6-7-16-10-13/h3-5,8,12-13,15H,6-7,9-10H2,1-2H3/t12-,13?/m1/s1. The van der Waals surface area contributed by atoms with Crippen LogP contribution in [0.4, 0.5) is 0 Å². The Bertz CT molecular complexity index is 331. The monoisotopic (exact) mass is 235 g/mol. The maximum absolute atomic E-state index is 3.65. The van der Waals surface area contributed by atoms with E-state index in [0.29, 0.717) is 6.04 Å². The Kier molecular flexibility index (Phi) is 4.30. The Morgan fingerprint density at radius 3 is 3.06 bits per heavy atom. The number of aryl methyl sites for hydroxylation is 1. The van der Waals surface area contributed by atoms with E-state index in [1.807, 2.05) is 0 Å². The molecule has 88 valence electrons. The Morgan fingerprint density at radius 2 is 2.38 bits per heavy atom. The summed E-state index contributed by atoms with van der Waals surface area (Å²) in [6.07, 6.45) is 1.39. The van der Waals surface area contributed by atoms with Gasteiger partial charge in [-0.2, -0.15) is 11.8 Å². The molecular formula is C14H21NS. The van der Waals surface area contributed by atoms with Gasteiger partial charge in [0.1, 0.15) is 0 Å². The zero-order chi connectivity index (χ0) is 11.4. The summed E-state index contributed by atoms with van der Waals surface area (Å²) in [6, 6.07) is 9.28. The largest absolute Gasteiger partial charge is 0.310 e. The van der Waals surface area contributed by atoms with Gasteiger partial charge in [-0.1, -0.05) is 29.8 Å². The maximum Gasteiger partial charge on any atom is 0.0292 e. The molecule has 16 heavy (non-hydrogen) atoms. The average molecular weight is 235 g/mol. The average Bonchev–Trinajstić information content (AvgIpc) is 2.78. The molecule has 1 heterocycles. The summed E-state index contributed by atoms with van der Waals surface area (Å²) in [5.41, 5.74) is 2.76. The van der Waals surface area contributed by atoms with E-state index < -0.39 is 0 Å². The van der Waals surface area contributed by atoms with Gasteiger partial charge in [0.05, 0.1) is 0 Å². The molecule has 1 aromatic carbocycles. The molecule has 0 amide bonds. The van der Waals surface area contributed by atoms with Crippen LogP contribution >= 0.6 is 11.8 Å². The van der Waals surface area contributed by atoms with E-state index in [9.17, 15) is 0 Å². The molecule has 1 fully saturated rings. The third kappa shape index (κ3) is 3.26. The summed E-state index contributed by atoms with van der Waals surface area (Å²) in [6.45, 7) is 5.59. The van der Waals surface area contributed by atoms with E-state index in [2.05, 4.69) is 55.2 Å². The Hall–Kier alpha value is -0.470. The molecule has 2 heteroatoms. The summed E-state index contributed by atoms with van der Waals surface area (Å²) in [5, 5.41) is 3.65. The van der Waals surface area contributed by atoms with Crippen molar-refractivity contribution in [1.29, 1.82) is 0 Å². The summed E-state index contributed by atoms with van der Waals surface area (Å²) in [5.74, 6) is 3.58. The first kappa shape index (κ1) is 12.0. The van der Waals surface area contributed by atoms with Gasteiger partial charge in [0.25, 0.3) is 0 Å². The molecule has 2 rings (SSSR count). The molecule has 1 aromatic rings. The van der Waals surface area contributed by atoms with E-state index in [1.54, 1.807) is 0 Å². The minimum atomic E-state index is 0.477. The molecule has 1 unspecified atom stereocenters. The van der Waals surface area contributed by atoms with Crippen molar-refractivity contribution in [3.63, 3.8) is 0 Å². The van der Waals surface area contributed by atoms with Gasteiger partial charge in [0.15, 0.2) is 0 Å². The lowest BCUT2D eigenvalue weighted by molar-refractivity contribution is 0.477. The predicted molar refractivity (Wildman–Crippen MR) is 73.0 cm³/mol. The fourth-order valence-corrected chi connectivity index (χ4v) is 3.43. The first-order chi connectivity index (χ1) is 7.75. The highest BCUT2D eigenvalue weighted by atomic mass is 32.2. The van der Waals surface area contributed by atoms with Crippen LogP contribution in [0.25, 0.3) is 0 Å². The summed E-state index contributed by atoms with van der Waals surface area (Å²) in [4.78, 5) is 0. The molecule has 0 radical (unpaired) electrons. The van der Waals surface area contributed by atoms with Crippen LogP contribution < -0.4 is 5.32 Å². The van der Waals surface area contributed by atoms with Gasteiger partial charge in [-0.05, 0) is 49.8 Å².